The molecule has 0 amide bonds. The van der Waals surface area contributed by atoms with Crippen molar-refractivity contribution in [1.82, 2.24) is 14.7 Å². The number of nitrogens with two attached hydrogens (primary N) is 1. The van der Waals surface area contributed by atoms with E-state index in [9.17, 15) is 0 Å². The van der Waals surface area contributed by atoms with Gasteiger partial charge in [-0.25, -0.2) is 0 Å². The molecule has 0 saturated carbocycles. The summed E-state index contributed by atoms with van der Waals surface area (Å²) in [5.41, 5.74) is 8.41. The van der Waals surface area contributed by atoms with Crippen molar-refractivity contribution in [3.05, 3.63) is 17.5 Å². The molecule has 1 atom stereocenters. The lowest BCUT2D eigenvalue weighted by Crippen LogP contribution is -2.42. The molecule has 0 radical (unpaired) electrons. The molecule has 22 heavy (non-hydrogen) atoms. The minimum absolute atomic E-state index is 0. The van der Waals surface area contributed by atoms with Crippen LogP contribution in [0, 0.1) is 25.7 Å². The quantitative estimate of drug-likeness (QED) is 0.464. The molecule has 0 spiro atoms. The Labute approximate surface area is 151 Å². The van der Waals surface area contributed by atoms with E-state index in [0.717, 1.165) is 37.8 Å². The van der Waals surface area contributed by atoms with E-state index < -0.39 is 0 Å². The molecule has 2 N–H and O–H groups in total. The molecule has 0 bridgehead atoms. The number of hydrogen-bond acceptors (Lipinski definition) is 2. The zero-order chi connectivity index (χ0) is 15.4. The lowest BCUT2D eigenvalue weighted by molar-refractivity contribution is 0.277. The molecule has 1 unspecified atom stereocenters. The summed E-state index contributed by atoms with van der Waals surface area (Å²) in [7, 11) is 0. The number of aromatic nitrogens is 2. The molecule has 1 aliphatic heterocycles. The third kappa shape index (κ3) is 5.44. The van der Waals surface area contributed by atoms with Gasteiger partial charge < -0.3 is 10.6 Å². The molecule has 1 fully saturated rings. The highest BCUT2D eigenvalue weighted by Crippen LogP contribution is 2.15. The second kappa shape index (κ2) is 8.74. The summed E-state index contributed by atoms with van der Waals surface area (Å²) in [5.74, 6) is 1.96. The maximum absolute atomic E-state index is 6.12. The average molecular weight is 419 g/mol. The summed E-state index contributed by atoms with van der Waals surface area (Å²) in [6.45, 7) is 12.4. The molecule has 0 aromatic carbocycles. The van der Waals surface area contributed by atoms with Crippen molar-refractivity contribution in [1.29, 1.82) is 0 Å². The van der Waals surface area contributed by atoms with Crippen LogP contribution >= 0.6 is 24.0 Å². The van der Waals surface area contributed by atoms with Crippen molar-refractivity contribution in [3.63, 3.8) is 0 Å². The number of halogens is 1. The molecular formula is C16H30IN5. The van der Waals surface area contributed by atoms with Gasteiger partial charge in [-0.15, -0.1) is 24.0 Å². The Morgan fingerprint density at radius 3 is 2.59 bits per heavy atom. The molecule has 0 aliphatic carbocycles. The summed E-state index contributed by atoms with van der Waals surface area (Å²) < 4.78 is 2.06. The van der Waals surface area contributed by atoms with Gasteiger partial charge in [0.25, 0.3) is 0 Å². The number of aryl methyl sites for hydroxylation is 2. The summed E-state index contributed by atoms with van der Waals surface area (Å²) >= 11 is 0. The van der Waals surface area contributed by atoms with E-state index in [4.69, 9.17) is 5.73 Å². The van der Waals surface area contributed by atoms with E-state index >= 15 is 0 Å². The van der Waals surface area contributed by atoms with Crippen LogP contribution in [0.15, 0.2) is 11.1 Å². The fourth-order valence-corrected chi connectivity index (χ4v) is 2.80. The second-order valence-electron chi connectivity index (χ2n) is 6.58. The van der Waals surface area contributed by atoms with Crippen LogP contribution in [0.3, 0.4) is 0 Å². The molecule has 1 aliphatic rings. The van der Waals surface area contributed by atoms with Gasteiger partial charge in [0.15, 0.2) is 5.96 Å². The van der Waals surface area contributed by atoms with Crippen LogP contribution in [0.25, 0.3) is 0 Å². The standard InChI is InChI=1S/C16H29N5.HI/c1-12-5-7-20(8-6-12)16(17)18-10-13(2)11-21-15(4)9-14(3)19-21;/h9,12-13H,5-8,10-11H2,1-4H3,(H2,17,18);1H. The topological polar surface area (TPSA) is 59.4 Å². The Bertz CT molecular complexity index is 489. The molecule has 2 rings (SSSR count). The van der Waals surface area contributed by atoms with Gasteiger partial charge in [-0.3, -0.25) is 9.67 Å². The number of rotatable bonds is 4. The fourth-order valence-electron chi connectivity index (χ4n) is 2.80. The first kappa shape index (κ1) is 19.3. The Hall–Kier alpha value is -0.790. The van der Waals surface area contributed by atoms with Crippen molar-refractivity contribution >= 4 is 29.9 Å². The maximum Gasteiger partial charge on any atom is 0.191 e. The summed E-state index contributed by atoms with van der Waals surface area (Å²) in [6.07, 6.45) is 2.44. The van der Waals surface area contributed by atoms with Crippen molar-refractivity contribution in [2.45, 2.75) is 47.1 Å². The van der Waals surface area contributed by atoms with Crippen LogP contribution in [0.1, 0.15) is 38.1 Å². The molecule has 126 valence electrons. The van der Waals surface area contributed by atoms with Crippen LogP contribution in [0.5, 0.6) is 0 Å². The third-order valence-electron chi connectivity index (χ3n) is 4.26. The summed E-state index contributed by atoms with van der Waals surface area (Å²) in [5, 5.41) is 4.50. The minimum atomic E-state index is 0. The largest absolute Gasteiger partial charge is 0.370 e. The Kier molecular flexibility index (Phi) is 7.65. The van der Waals surface area contributed by atoms with Gasteiger partial charge in [-0.05, 0) is 44.6 Å². The highest BCUT2D eigenvalue weighted by atomic mass is 127. The lowest BCUT2D eigenvalue weighted by atomic mass is 10.00. The Morgan fingerprint density at radius 2 is 2.05 bits per heavy atom. The number of piperidine rings is 1. The summed E-state index contributed by atoms with van der Waals surface area (Å²) in [6, 6.07) is 2.11. The normalized spacial score (nSPS) is 18.2. The smallest absolute Gasteiger partial charge is 0.191 e. The van der Waals surface area contributed by atoms with Crippen LogP contribution in [0.4, 0.5) is 0 Å². The first-order valence-electron chi connectivity index (χ1n) is 8.01. The predicted octanol–water partition coefficient (Wildman–Crippen LogP) is 2.80. The molecule has 2 heterocycles. The number of aliphatic imine (C=N–C) groups is 1. The van der Waals surface area contributed by atoms with Crippen LogP contribution in [-0.4, -0.2) is 40.3 Å². The van der Waals surface area contributed by atoms with Gasteiger partial charge in [0, 0.05) is 31.9 Å². The number of likely N-dealkylation sites (tertiary alicyclic amines) is 1. The molecule has 5 nitrogen and oxygen atoms in total. The van der Waals surface area contributed by atoms with E-state index in [0.29, 0.717) is 11.9 Å². The predicted molar refractivity (Wildman–Crippen MR) is 103 cm³/mol. The van der Waals surface area contributed by atoms with E-state index in [-0.39, 0.29) is 24.0 Å². The van der Waals surface area contributed by atoms with Crippen molar-refractivity contribution in [3.8, 4) is 0 Å². The second-order valence-corrected chi connectivity index (χ2v) is 6.58. The minimum Gasteiger partial charge on any atom is -0.370 e. The maximum atomic E-state index is 6.12. The molecule has 6 heteroatoms. The summed E-state index contributed by atoms with van der Waals surface area (Å²) in [4.78, 5) is 6.80. The van der Waals surface area contributed by atoms with Gasteiger partial charge in [0.05, 0.1) is 5.69 Å². The van der Waals surface area contributed by atoms with E-state index in [1.807, 2.05) is 6.92 Å². The van der Waals surface area contributed by atoms with Crippen molar-refractivity contribution in [2.24, 2.45) is 22.6 Å². The lowest BCUT2D eigenvalue weighted by Gasteiger charge is -2.31. The SMILES string of the molecule is Cc1cc(C)n(CC(C)CN=C(N)N2CCC(C)CC2)n1.I. The van der Waals surface area contributed by atoms with Gasteiger partial charge in [0.2, 0.25) is 0 Å². The Balaban J connectivity index is 0.00000242. The van der Waals surface area contributed by atoms with Crippen LogP contribution in [0.2, 0.25) is 0 Å². The highest BCUT2D eigenvalue weighted by molar-refractivity contribution is 14.0. The first-order valence-corrected chi connectivity index (χ1v) is 8.01. The molecule has 1 aromatic rings. The zero-order valence-electron chi connectivity index (χ0n) is 14.2. The van der Waals surface area contributed by atoms with E-state index in [2.05, 4.69) is 46.5 Å². The fraction of sp³-hybridized carbons (Fsp3) is 0.750. The molecule has 1 aromatic heterocycles. The van der Waals surface area contributed by atoms with Crippen LogP contribution in [-0.2, 0) is 6.54 Å². The Morgan fingerprint density at radius 1 is 1.41 bits per heavy atom. The van der Waals surface area contributed by atoms with Gasteiger partial charge in [0.1, 0.15) is 0 Å². The molecular weight excluding hydrogens is 389 g/mol. The van der Waals surface area contributed by atoms with E-state index in [1.54, 1.807) is 0 Å². The molecule has 1 saturated heterocycles. The third-order valence-corrected chi connectivity index (χ3v) is 4.26. The van der Waals surface area contributed by atoms with Crippen molar-refractivity contribution in [2.75, 3.05) is 19.6 Å². The number of guanidine groups is 1. The van der Waals surface area contributed by atoms with Crippen molar-refractivity contribution < 1.29 is 0 Å². The monoisotopic (exact) mass is 419 g/mol. The number of hydrogen-bond donors (Lipinski definition) is 1. The van der Waals surface area contributed by atoms with Crippen LogP contribution < -0.4 is 5.73 Å². The highest BCUT2D eigenvalue weighted by Gasteiger charge is 2.17. The number of nitrogens with zero attached hydrogens (tertiary/aromatic N) is 4. The first-order chi connectivity index (χ1) is 9.95. The van der Waals surface area contributed by atoms with Gasteiger partial charge >= 0.3 is 0 Å². The van der Waals surface area contributed by atoms with Gasteiger partial charge in [-0.1, -0.05) is 13.8 Å². The van der Waals surface area contributed by atoms with Gasteiger partial charge in [-0.2, -0.15) is 5.10 Å². The zero-order valence-corrected chi connectivity index (χ0v) is 16.6. The average Bonchev–Trinajstić information content (AvgIpc) is 2.75. The van der Waals surface area contributed by atoms with E-state index in [1.165, 1.54) is 18.5 Å².